The lowest BCUT2D eigenvalue weighted by Crippen LogP contribution is -2.35. The molecule has 1 aromatic rings. The normalized spacial score (nSPS) is 17.4. The summed E-state index contributed by atoms with van der Waals surface area (Å²) in [6.07, 6.45) is 1.32. The van der Waals surface area contributed by atoms with E-state index in [0.29, 0.717) is 19.4 Å². The predicted molar refractivity (Wildman–Crippen MR) is 68.6 cm³/mol. The van der Waals surface area contributed by atoms with E-state index in [4.69, 9.17) is 9.84 Å². The van der Waals surface area contributed by atoms with Crippen LogP contribution in [0.2, 0.25) is 0 Å². The third kappa shape index (κ3) is 3.44. The molecule has 0 aromatic heterocycles. The van der Waals surface area contributed by atoms with Gasteiger partial charge in [0, 0.05) is 6.54 Å². The van der Waals surface area contributed by atoms with E-state index in [2.05, 4.69) is 4.90 Å². The number of nitrogens with zero attached hydrogens (tertiary/aromatic N) is 1. The van der Waals surface area contributed by atoms with Crippen LogP contribution in [0.15, 0.2) is 18.2 Å². The Labute approximate surface area is 111 Å². The van der Waals surface area contributed by atoms with Gasteiger partial charge in [0.1, 0.15) is 0 Å². The zero-order chi connectivity index (χ0) is 13.8. The highest BCUT2D eigenvalue weighted by atomic mass is 19.1. The number of methoxy groups -OCH3 is 1. The van der Waals surface area contributed by atoms with Gasteiger partial charge in [-0.15, -0.1) is 0 Å². The van der Waals surface area contributed by atoms with Crippen LogP contribution in [-0.2, 0) is 11.3 Å². The smallest absolute Gasteiger partial charge is 0.306 e. The van der Waals surface area contributed by atoms with Gasteiger partial charge in [0.15, 0.2) is 11.6 Å². The fraction of sp³-hybridized carbons (Fsp3) is 0.500. The molecule has 1 aliphatic heterocycles. The molecule has 0 amide bonds. The summed E-state index contributed by atoms with van der Waals surface area (Å²) in [5.74, 6) is -1.06. The standard InChI is InChI=1S/C14H18FNO3/c1-19-13-3-2-10(8-12(13)15)9-16-6-4-11(5-7-16)14(17)18/h2-3,8,11H,4-7,9H2,1H3,(H,17,18). The van der Waals surface area contributed by atoms with Gasteiger partial charge in [0.2, 0.25) is 0 Å². The van der Waals surface area contributed by atoms with Gasteiger partial charge >= 0.3 is 5.97 Å². The zero-order valence-corrected chi connectivity index (χ0v) is 10.9. The lowest BCUT2D eigenvalue weighted by Gasteiger charge is -2.30. The second-order valence-corrected chi connectivity index (χ2v) is 4.86. The molecule has 0 bridgehead atoms. The summed E-state index contributed by atoms with van der Waals surface area (Å²) in [7, 11) is 1.44. The number of piperidine rings is 1. The number of halogens is 1. The largest absolute Gasteiger partial charge is 0.494 e. The first-order valence-corrected chi connectivity index (χ1v) is 6.37. The van der Waals surface area contributed by atoms with Crippen LogP contribution >= 0.6 is 0 Å². The number of likely N-dealkylation sites (tertiary alicyclic amines) is 1. The van der Waals surface area contributed by atoms with Crippen molar-refractivity contribution >= 4 is 5.97 Å². The molecule has 4 nitrogen and oxygen atoms in total. The molecule has 2 rings (SSSR count). The van der Waals surface area contributed by atoms with Gasteiger partial charge in [-0.2, -0.15) is 0 Å². The van der Waals surface area contributed by atoms with Crippen molar-refractivity contribution in [2.45, 2.75) is 19.4 Å². The maximum atomic E-state index is 13.6. The lowest BCUT2D eigenvalue weighted by molar-refractivity contribution is -0.143. The second-order valence-electron chi connectivity index (χ2n) is 4.86. The summed E-state index contributed by atoms with van der Waals surface area (Å²) in [6, 6.07) is 4.93. The molecule has 5 heteroatoms. The van der Waals surface area contributed by atoms with Crippen LogP contribution in [-0.4, -0.2) is 36.2 Å². The average molecular weight is 267 g/mol. The fourth-order valence-corrected chi connectivity index (χ4v) is 2.40. The van der Waals surface area contributed by atoms with Crippen molar-refractivity contribution in [3.05, 3.63) is 29.6 Å². The number of aliphatic carboxylic acids is 1. The molecule has 0 spiro atoms. The fourth-order valence-electron chi connectivity index (χ4n) is 2.40. The third-order valence-corrected chi connectivity index (χ3v) is 3.56. The molecule has 0 unspecified atom stereocenters. The monoisotopic (exact) mass is 267 g/mol. The van der Waals surface area contributed by atoms with Crippen molar-refractivity contribution in [2.24, 2.45) is 5.92 Å². The predicted octanol–water partition coefficient (Wildman–Crippen LogP) is 2.13. The number of benzene rings is 1. The van der Waals surface area contributed by atoms with Crippen molar-refractivity contribution in [3.8, 4) is 5.75 Å². The Hall–Kier alpha value is -1.62. The number of rotatable bonds is 4. The Morgan fingerprint density at radius 3 is 2.68 bits per heavy atom. The Balaban J connectivity index is 1.92. The van der Waals surface area contributed by atoms with Crippen LogP contribution in [0.4, 0.5) is 4.39 Å². The Kier molecular flexibility index (Phi) is 4.37. The van der Waals surface area contributed by atoms with Gasteiger partial charge in [-0.05, 0) is 43.6 Å². The van der Waals surface area contributed by atoms with E-state index < -0.39 is 5.97 Å². The van der Waals surface area contributed by atoms with Gasteiger partial charge in [-0.1, -0.05) is 6.07 Å². The average Bonchev–Trinajstić information content (AvgIpc) is 2.39. The van der Waals surface area contributed by atoms with E-state index >= 15 is 0 Å². The van der Waals surface area contributed by atoms with Crippen LogP contribution in [0.3, 0.4) is 0 Å². The van der Waals surface area contributed by atoms with Crippen LogP contribution in [0.1, 0.15) is 18.4 Å². The van der Waals surface area contributed by atoms with E-state index in [1.54, 1.807) is 6.07 Å². The number of carboxylic acids is 1. The van der Waals surface area contributed by atoms with Crippen LogP contribution in [0, 0.1) is 11.7 Å². The Morgan fingerprint density at radius 2 is 2.16 bits per heavy atom. The number of carboxylic acid groups (broad SMARTS) is 1. The second kappa shape index (κ2) is 6.02. The highest BCUT2D eigenvalue weighted by molar-refractivity contribution is 5.70. The van der Waals surface area contributed by atoms with E-state index in [1.165, 1.54) is 13.2 Å². The molecule has 0 aliphatic carbocycles. The zero-order valence-electron chi connectivity index (χ0n) is 10.9. The first-order chi connectivity index (χ1) is 9.10. The molecule has 19 heavy (non-hydrogen) atoms. The van der Waals surface area contributed by atoms with Crippen LogP contribution in [0.5, 0.6) is 5.75 Å². The molecule has 1 aliphatic rings. The summed E-state index contributed by atoms with van der Waals surface area (Å²) in [6.45, 7) is 2.13. The summed E-state index contributed by atoms with van der Waals surface area (Å²) >= 11 is 0. The first kappa shape index (κ1) is 13.8. The topological polar surface area (TPSA) is 49.8 Å². The number of hydrogen-bond acceptors (Lipinski definition) is 3. The maximum absolute atomic E-state index is 13.6. The van der Waals surface area contributed by atoms with Crippen LogP contribution in [0.25, 0.3) is 0 Å². The van der Waals surface area contributed by atoms with E-state index in [-0.39, 0.29) is 17.5 Å². The van der Waals surface area contributed by atoms with Crippen molar-refractivity contribution in [3.63, 3.8) is 0 Å². The summed E-state index contributed by atoms with van der Waals surface area (Å²) < 4.78 is 18.4. The molecule has 0 radical (unpaired) electrons. The molecule has 1 fully saturated rings. The maximum Gasteiger partial charge on any atom is 0.306 e. The van der Waals surface area contributed by atoms with Gasteiger partial charge in [-0.3, -0.25) is 9.69 Å². The SMILES string of the molecule is COc1ccc(CN2CCC(C(=O)O)CC2)cc1F. The summed E-state index contributed by atoms with van der Waals surface area (Å²) in [4.78, 5) is 13.0. The highest BCUT2D eigenvalue weighted by Crippen LogP contribution is 2.22. The molecule has 104 valence electrons. The van der Waals surface area contributed by atoms with Gasteiger partial charge in [0.25, 0.3) is 0 Å². The number of hydrogen-bond donors (Lipinski definition) is 1. The van der Waals surface area contributed by atoms with E-state index in [0.717, 1.165) is 18.7 Å². The van der Waals surface area contributed by atoms with Gasteiger partial charge in [0.05, 0.1) is 13.0 Å². The summed E-state index contributed by atoms with van der Waals surface area (Å²) in [5.41, 5.74) is 0.882. The van der Waals surface area contributed by atoms with Crippen molar-refractivity contribution < 1.29 is 19.0 Å². The molecule has 1 N–H and O–H groups in total. The number of ether oxygens (including phenoxy) is 1. The lowest BCUT2D eigenvalue weighted by atomic mass is 9.97. The Morgan fingerprint density at radius 1 is 1.47 bits per heavy atom. The summed E-state index contributed by atoms with van der Waals surface area (Å²) in [5, 5.41) is 8.93. The minimum absolute atomic E-state index is 0.233. The molecule has 1 saturated heterocycles. The van der Waals surface area contributed by atoms with Gasteiger partial charge < -0.3 is 9.84 Å². The minimum Gasteiger partial charge on any atom is -0.494 e. The minimum atomic E-state index is -0.713. The third-order valence-electron chi connectivity index (χ3n) is 3.56. The Bertz CT molecular complexity index is 456. The van der Waals surface area contributed by atoms with Crippen molar-refractivity contribution in [1.82, 2.24) is 4.90 Å². The highest BCUT2D eigenvalue weighted by Gasteiger charge is 2.24. The molecule has 0 saturated carbocycles. The van der Waals surface area contributed by atoms with Crippen LogP contribution < -0.4 is 4.74 Å². The quantitative estimate of drug-likeness (QED) is 0.908. The first-order valence-electron chi connectivity index (χ1n) is 6.37. The molecule has 1 heterocycles. The molecular weight excluding hydrogens is 249 g/mol. The molecule has 1 aromatic carbocycles. The molecule has 0 atom stereocenters. The molecular formula is C14H18FNO3. The van der Waals surface area contributed by atoms with Gasteiger partial charge in [-0.25, -0.2) is 4.39 Å². The van der Waals surface area contributed by atoms with E-state index in [9.17, 15) is 9.18 Å². The number of carbonyl (C=O) groups is 1. The van der Waals surface area contributed by atoms with E-state index in [1.807, 2.05) is 6.07 Å². The van der Waals surface area contributed by atoms with Crippen molar-refractivity contribution in [1.29, 1.82) is 0 Å². The van der Waals surface area contributed by atoms with Crippen molar-refractivity contribution in [2.75, 3.05) is 20.2 Å².